The van der Waals surface area contributed by atoms with E-state index in [-0.39, 0.29) is 11.7 Å². The molecule has 2 aromatic rings. The molecule has 1 amide bonds. The van der Waals surface area contributed by atoms with E-state index >= 15 is 0 Å². The molecule has 0 bridgehead atoms. The maximum Gasteiger partial charge on any atom is 0.231 e. The van der Waals surface area contributed by atoms with E-state index < -0.39 is 5.41 Å². The van der Waals surface area contributed by atoms with Gasteiger partial charge in [-0.3, -0.25) is 4.79 Å². The number of halogens is 1. The van der Waals surface area contributed by atoms with Crippen molar-refractivity contribution in [3.05, 3.63) is 65.0 Å². The molecule has 2 aromatic carbocycles. The number of aryl methyl sites for hydroxylation is 1. The molecule has 1 fully saturated rings. The average molecular weight is 411 g/mol. The zero-order valence-electron chi connectivity index (χ0n) is 17.9. The van der Waals surface area contributed by atoms with Crippen molar-refractivity contribution in [3.8, 4) is 0 Å². The molecule has 160 valence electrons. The van der Waals surface area contributed by atoms with Gasteiger partial charge >= 0.3 is 0 Å². The van der Waals surface area contributed by atoms with Crippen LogP contribution in [0.3, 0.4) is 0 Å². The fourth-order valence-electron chi connectivity index (χ4n) is 4.83. The number of hydrogen-bond acceptors (Lipinski definition) is 3. The Morgan fingerprint density at radius 1 is 1.20 bits per heavy atom. The van der Waals surface area contributed by atoms with E-state index in [4.69, 9.17) is 4.74 Å². The first kappa shape index (κ1) is 20.9. The van der Waals surface area contributed by atoms with Crippen molar-refractivity contribution < 1.29 is 13.9 Å². The number of hydrogen-bond donors (Lipinski definition) is 1. The predicted molar refractivity (Wildman–Crippen MR) is 117 cm³/mol. The third kappa shape index (κ3) is 4.08. The molecule has 1 N–H and O–H groups in total. The minimum atomic E-state index is -0.733. The van der Waals surface area contributed by atoms with Gasteiger partial charge in [0.1, 0.15) is 5.82 Å². The Morgan fingerprint density at radius 2 is 2.00 bits per heavy atom. The number of nitrogens with one attached hydrogen (secondary N) is 1. The van der Waals surface area contributed by atoms with Crippen molar-refractivity contribution in [2.75, 3.05) is 24.7 Å². The van der Waals surface area contributed by atoms with Crippen molar-refractivity contribution in [2.24, 2.45) is 0 Å². The summed E-state index contributed by atoms with van der Waals surface area (Å²) in [6, 6.07) is 13.4. The number of amides is 1. The highest BCUT2D eigenvalue weighted by Crippen LogP contribution is 2.36. The van der Waals surface area contributed by atoms with Gasteiger partial charge in [-0.05, 0) is 74.4 Å². The van der Waals surface area contributed by atoms with Gasteiger partial charge in [-0.2, -0.15) is 0 Å². The van der Waals surface area contributed by atoms with Crippen molar-refractivity contribution in [2.45, 2.75) is 57.5 Å². The van der Waals surface area contributed by atoms with Crippen LogP contribution >= 0.6 is 0 Å². The Balaban J connectivity index is 1.52. The van der Waals surface area contributed by atoms with Crippen LogP contribution in [0, 0.1) is 5.82 Å². The normalized spacial score (nSPS) is 18.2. The Morgan fingerprint density at radius 3 is 2.73 bits per heavy atom. The molecule has 30 heavy (non-hydrogen) atoms. The van der Waals surface area contributed by atoms with E-state index in [1.807, 2.05) is 6.07 Å². The standard InChI is InChI=1S/C25H31FN2O2/c1-18(2)28-12-4-5-20-15-19(8-9-23(20)28)17-27-24(29)25(10-13-30-14-11-25)21-6-3-7-22(26)16-21/h3,6-9,15-16,18H,4-5,10-14,17H2,1-2H3,(H,27,29). The fourth-order valence-corrected chi connectivity index (χ4v) is 4.83. The number of benzene rings is 2. The van der Waals surface area contributed by atoms with Crippen molar-refractivity contribution in [3.63, 3.8) is 0 Å². The molecule has 0 unspecified atom stereocenters. The van der Waals surface area contributed by atoms with Gasteiger partial charge in [-0.15, -0.1) is 0 Å². The van der Waals surface area contributed by atoms with Gasteiger partial charge < -0.3 is 15.0 Å². The summed E-state index contributed by atoms with van der Waals surface area (Å²) in [5, 5.41) is 3.14. The molecule has 1 saturated heterocycles. The molecule has 4 nitrogen and oxygen atoms in total. The molecular formula is C25H31FN2O2. The van der Waals surface area contributed by atoms with Gasteiger partial charge in [-0.25, -0.2) is 4.39 Å². The lowest BCUT2D eigenvalue weighted by atomic mass is 9.73. The van der Waals surface area contributed by atoms with Crippen molar-refractivity contribution in [1.82, 2.24) is 5.32 Å². The predicted octanol–water partition coefficient (Wildman–Crippen LogP) is 4.35. The maximum atomic E-state index is 13.9. The molecule has 0 radical (unpaired) electrons. The van der Waals surface area contributed by atoms with Gasteiger partial charge in [0.15, 0.2) is 0 Å². The number of carbonyl (C=O) groups excluding carboxylic acids is 1. The van der Waals surface area contributed by atoms with Gasteiger partial charge in [0, 0.05) is 38.0 Å². The number of rotatable bonds is 5. The molecule has 2 aliphatic heterocycles. The summed E-state index contributed by atoms with van der Waals surface area (Å²) in [6.45, 7) is 7.04. The highest BCUT2D eigenvalue weighted by atomic mass is 19.1. The molecule has 5 heteroatoms. The molecule has 0 aromatic heterocycles. The van der Waals surface area contributed by atoms with Crippen molar-refractivity contribution >= 4 is 11.6 Å². The lowest BCUT2D eigenvalue weighted by molar-refractivity contribution is -0.130. The molecule has 4 rings (SSSR count). The molecule has 0 aliphatic carbocycles. The quantitative estimate of drug-likeness (QED) is 0.797. The molecule has 2 aliphatic rings. The van der Waals surface area contributed by atoms with Crippen LogP contribution in [0.25, 0.3) is 0 Å². The number of ether oxygens (including phenoxy) is 1. The highest BCUT2D eigenvalue weighted by Gasteiger charge is 2.41. The molecular weight excluding hydrogens is 379 g/mol. The van der Waals surface area contributed by atoms with E-state index in [0.717, 1.165) is 30.5 Å². The zero-order valence-corrected chi connectivity index (χ0v) is 17.9. The summed E-state index contributed by atoms with van der Waals surface area (Å²) in [4.78, 5) is 15.8. The summed E-state index contributed by atoms with van der Waals surface area (Å²) in [6.07, 6.45) is 3.36. The second-order valence-corrected chi connectivity index (χ2v) is 8.74. The van der Waals surface area contributed by atoms with Crippen LogP contribution in [-0.4, -0.2) is 31.7 Å². The lowest BCUT2D eigenvalue weighted by Gasteiger charge is -2.36. The summed E-state index contributed by atoms with van der Waals surface area (Å²) >= 11 is 0. The fraction of sp³-hybridized carbons (Fsp3) is 0.480. The maximum absolute atomic E-state index is 13.9. The van der Waals surface area contributed by atoms with Crippen LogP contribution in [0.15, 0.2) is 42.5 Å². The van der Waals surface area contributed by atoms with Gasteiger partial charge in [0.2, 0.25) is 5.91 Å². The molecule has 0 saturated carbocycles. The van der Waals surface area contributed by atoms with E-state index in [0.29, 0.717) is 38.6 Å². The number of nitrogens with zero attached hydrogens (tertiary/aromatic N) is 1. The van der Waals surface area contributed by atoms with Crippen LogP contribution < -0.4 is 10.2 Å². The molecule has 2 heterocycles. The van der Waals surface area contributed by atoms with Crippen LogP contribution in [0.5, 0.6) is 0 Å². The minimum absolute atomic E-state index is 0.0436. The third-order valence-electron chi connectivity index (χ3n) is 6.53. The first-order valence-electron chi connectivity index (χ1n) is 11.0. The van der Waals surface area contributed by atoms with Crippen LogP contribution in [0.2, 0.25) is 0 Å². The summed E-state index contributed by atoms with van der Waals surface area (Å²) < 4.78 is 19.4. The van der Waals surface area contributed by atoms with E-state index in [1.54, 1.807) is 6.07 Å². The lowest BCUT2D eigenvalue weighted by Crippen LogP contribution is -2.47. The Hall–Kier alpha value is -2.40. The minimum Gasteiger partial charge on any atom is -0.381 e. The second kappa shape index (κ2) is 8.76. The Bertz CT molecular complexity index is 906. The Labute approximate surface area is 178 Å². The first-order chi connectivity index (χ1) is 14.5. The monoisotopic (exact) mass is 410 g/mol. The van der Waals surface area contributed by atoms with Crippen molar-refractivity contribution in [1.29, 1.82) is 0 Å². The van der Waals surface area contributed by atoms with Gasteiger partial charge in [-0.1, -0.05) is 24.3 Å². The largest absolute Gasteiger partial charge is 0.381 e. The zero-order chi connectivity index (χ0) is 21.1. The summed E-state index contributed by atoms with van der Waals surface area (Å²) in [5.41, 5.74) is 3.78. The van der Waals surface area contributed by atoms with Gasteiger partial charge in [0.05, 0.1) is 5.41 Å². The van der Waals surface area contributed by atoms with Crippen LogP contribution in [0.4, 0.5) is 10.1 Å². The molecule has 0 spiro atoms. The van der Waals surface area contributed by atoms with E-state index in [1.165, 1.54) is 23.4 Å². The van der Waals surface area contributed by atoms with Crippen LogP contribution in [-0.2, 0) is 27.9 Å². The average Bonchev–Trinajstić information content (AvgIpc) is 2.77. The number of carbonyl (C=O) groups is 1. The summed E-state index contributed by atoms with van der Waals surface area (Å²) in [5.74, 6) is -0.353. The van der Waals surface area contributed by atoms with Gasteiger partial charge in [0.25, 0.3) is 0 Å². The smallest absolute Gasteiger partial charge is 0.231 e. The number of fused-ring (bicyclic) bond motifs is 1. The topological polar surface area (TPSA) is 41.6 Å². The second-order valence-electron chi connectivity index (χ2n) is 8.74. The van der Waals surface area contributed by atoms with Crippen LogP contribution in [0.1, 0.15) is 49.8 Å². The first-order valence-corrected chi connectivity index (χ1v) is 11.0. The number of anilines is 1. The van der Waals surface area contributed by atoms with E-state index in [2.05, 4.69) is 42.3 Å². The molecule has 0 atom stereocenters. The summed E-state index contributed by atoms with van der Waals surface area (Å²) in [7, 11) is 0. The van der Waals surface area contributed by atoms with E-state index in [9.17, 15) is 9.18 Å². The highest BCUT2D eigenvalue weighted by molar-refractivity contribution is 5.88. The third-order valence-corrected chi connectivity index (χ3v) is 6.53. The SMILES string of the molecule is CC(C)N1CCCc2cc(CNC(=O)C3(c4cccc(F)c4)CCOCC3)ccc21. The Kier molecular flexibility index (Phi) is 6.09.